The molecule has 0 spiro atoms. The molecular formula is C46H42N4O. The Morgan fingerprint density at radius 1 is 0.373 bits per heavy atom. The predicted octanol–water partition coefficient (Wildman–Crippen LogP) is 9.41. The van der Waals surface area contributed by atoms with Gasteiger partial charge >= 0.3 is 0 Å². The number of hydrogen-bond donors (Lipinski definition) is 0. The third-order valence-electron chi connectivity index (χ3n) is 10.1. The molecule has 0 amide bonds. The van der Waals surface area contributed by atoms with Crippen LogP contribution in [0.4, 0.5) is 0 Å². The van der Waals surface area contributed by atoms with E-state index < -0.39 is 11.1 Å². The Labute approximate surface area is 301 Å². The minimum Gasteiger partial charge on any atom is -0.457 e. The third kappa shape index (κ3) is 5.71. The van der Waals surface area contributed by atoms with Gasteiger partial charge in [0.2, 0.25) is 0 Å². The monoisotopic (exact) mass is 666 g/mol. The molecule has 0 bridgehead atoms. The second-order valence-electron chi connectivity index (χ2n) is 13.4. The molecule has 6 aromatic carbocycles. The normalized spacial score (nSPS) is 14.4. The number of nitrogens with zero attached hydrogens (tertiary/aromatic N) is 4. The fourth-order valence-corrected chi connectivity index (χ4v) is 7.91. The maximum Gasteiger partial charge on any atom is 0.127 e. The van der Waals surface area contributed by atoms with Crippen molar-refractivity contribution in [3.8, 4) is 11.5 Å². The molecule has 0 fully saturated rings. The highest BCUT2D eigenvalue weighted by Gasteiger charge is 2.44. The Kier molecular flexibility index (Phi) is 8.54. The van der Waals surface area contributed by atoms with Crippen LogP contribution in [0.25, 0.3) is 0 Å². The molecule has 5 heteroatoms. The fraction of sp³-hybridized carbons (Fsp3) is 0.130. The average Bonchev–Trinajstić information content (AvgIpc) is 3.83. The molecule has 0 saturated carbocycles. The summed E-state index contributed by atoms with van der Waals surface area (Å²) in [5, 5.41) is 0. The van der Waals surface area contributed by atoms with Crippen LogP contribution < -0.4 is 4.74 Å². The summed E-state index contributed by atoms with van der Waals surface area (Å²) in [7, 11) is 4.23. The van der Waals surface area contributed by atoms with Gasteiger partial charge in [0.1, 0.15) is 22.6 Å². The van der Waals surface area contributed by atoms with Crippen molar-refractivity contribution in [2.75, 3.05) is 27.4 Å². The quantitative estimate of drug-likeness (QED) is 0.136. The zero-order valence-electron chi connectivity index (χ0n) is 29.1. The van der Waals surface area contributed by atoms with Crippen LogP contribution in [0, 0.1) is 0 Å². The zero-order chi connectivity index (χ0) is 34.7. The molecule has 0 N–H and O–H groups in total. The van der Waals surface area contributed by atoms with Crippen molar-refractivity contribution >= 4 is 0 Å². The van der Waals surface area contributed by atoms with Crippen LogP contribution in [0.2, 0.25) is 0 Å². The van der Waals surface area contributed by atoms with Crippen molar-refractivity contribution in [1.82, 2.24) is 19.6 Å². The Bertz CT molecular complexity index is 1900. The van der Waals surface area contributed by atoms with Gasteiger partial charge in [0.05, 0.1) is 13.3 Å². The van der Waals surface area contributed by atoms with E-state index in [0.29, 0.717) is 0 Å². The molecular weight excluding hydrogens is 625 g/mol. The van der Waals surface area contributed by atoms with Crippen molar-refractivity contribution in [1.29, 1.82) is 0 Å². The summed E-state index contributed by atoms with van der Waals surface area (Å²) < 4.78 is 6.87. The van der Waals surface area contributed by atoms with Crippen LogP contribution in [0.1, 0.15) is 33.4 Å². The van der Waals surface area contributed by atoms with E-state index in [2.05, 4.69) is 228 Å². The molecule has 0 radical (unpaired) electrons. The molecule has 2 heterocycles. The van der Waals surface area contributed by atoms with Crippen LogP contribution in [-0.4, -0.2) is 47.0 Å². The molecule has 0 aromatic heterocycles. The van der Waals surface area contributed by atoms with Crippen LogP contribution in [0.15, 0.2) is 195 Å². The summed E-state index contributed by atoms with van der Waals surface area (Å²) in [6, 6.07) is 60.4. The molecule has 2 aliphatic heterocycles. The molecule has 252 valence electrons. The van der Waals surface area contributed by atoms with Gasteiger partial charge in [0.25, 0.3) is 0 Å². The lowest BCUT2D eigenvalue weighted by molar-refractivity contribution is 0.193. The van der Waals surface area contributed by atoms with E-state index in [9.17, 15) is 0 Å². The lowest BCUT2D eigenvalue weighted by Crippen LogP contribution is -2.46. The van der Waals surface area contributed by atoms with Gasteiger partial charge in [-0.15, -0.1) is 0 Å². The van der Waals surface area contributed by atoms with E-state index in [1.54, 1.807) is 0 Å². The SMILES string of the molecule is CN1C=CN(C(c2ccccc2)(c2ccccc2)c2cccc(Oc3cccc(C(c4ccccc4)(c4ccccc4)N4C=CN(C)C4)c3)c2)C1. The highest BCUT2D eigenvalue weighted by molar-refractivity contribution is 5.55. The van der Waals surface area contributed by atoms with Gasteiger partial charge in [0.15, 0.2) is 0 Å². The Morgan fingerprint density at radius 3 is 0.980 bits per heavy atom. The number of hydrogen-bond acceptors (Lipinski definition) is 5. The summed E-state index contributed by atoms with van der Waals surface area (Å²) >= 11 is 0. The van der Waals surface area contributed by atoms with Gasteiger partial charge in [-0.1, -0.05) is 146 Å². The summed E-state index contributed by atoms with van der Waals surface area (Å²) in [6.45, 7) is 1.50. The van der Waals surface area contributed by atoms with E-state index in [1.807, 2.05) is 0 Å². The van der Waals surface area contributed by atoms with Gasteiger partial charge < -0.3 is 24.3 Å². The van der Waals surface area contributed by atoms with Gasteiger partial charge in [0, 0.05) is 38.9 Å². The first-order valence-electron chi connectivity index (χ1n) is 17.5. The highest BCUT2D eigenvalue weighted by atomic mass is 16.5. The van der Waals surface area contributed by atoms with E-state index in [1.165, 1.54) is 22.3 Å². The van der Waals surface area contributed by atoms with Crippen LogP contribution in [-0.2, 0) is 11.1 Å². The van der Waals surface area contributed by atoms with Crippen molar-refractivity contribution in [2.24, 2.45) is 0 Å². The van der Waals surface area contributed by atoms with Gasteiger partial charge in [-0.2, -0.15) is 0 Å². The van der Waals surface area contributed by atoms with Crippen molar-refractivity contribution in [3.63, 3.8) is 0 Å². The Balaban J connectivity index is 1.25. The molecule has 51 heavy (non-hydrogen) atoms. The Hall–Kier alpha value is -6.20. The Morgan fingerprint density at radius 2 is 0.686 bits per heavy atom. The van der Waals surface area contributed by atoms with Gasteiger partial charge in [-0.25, -0.2) is 0 Å². The summed E-state index contributed by atoms with van der Waals surface area (Å²) in [5.74, 6) is 1.56. The average molecular weight is 667 g/mol. The topological polar surface area (TPSA) is 22.2 Å². The van der Waals surface area contributed by atoms with Crippen LogP contribution in [0.3, 0.4) is 0 Å². The molecule has 0 unspecified atom stereocenters. The second-order valence-corrected chi connectivity index (χ2v) is 13.4. The molecule has 5 nitrogen and oxygen atoms in total. The van der Waals surface area contributed by atoms with Crippen molar-refractivity contribution in [2.45, 2.75) is 11.1 Å². The molecule has 0 aliphatic carbocycles. The summed E-state index contributed by atoms with van der Waals surface area (Å²) in [4.78, 5) is 9.27. The molecule has 0 atom stereocenters. The lowest BCUT2D eigenvalue weighted by atomic mass is 9.75. The van der Waals surface area contributed by atoms with E-state index in [4.69, 9.17) is 4.74 Å². The van der Waals surface area contributed by atoms with E-state index in [0.717, 1.165) is 36.0 Å². The smallest absolute Gasteiger partial charge is 0.127 e. The van der Waals surface area contributed by atoms with Crippen LogP contribution >= 0.6 is 0 Å². The fourth-order valence-electron chi connectivity index (χ4n) is 7.91. The standard InChI is InChI=1S/C46H42N4O/c1-47-29-31-49(35-47)45(37-17-7-3-8-18-37,38-19-9-4-10-20-38)41-25-15-27-43(33-41)51-44-28-16-26-42(34-44)46(39-21-11-5-12-22-39,40-23-13-6-14-24-40)50-32-30-48(2)36-50/h3-34H,35-36H2,1-2H3. The highest BCUT2D eigenvalue weighted by Crippen LogP contribution is 2.47. The molecule has 0 saturated heterocycles. The third-order valence-corrected chi connectivity index (χ3v) is 10.1. The number of benzene rings is 6. The molecule has 6 aromatic rings. The summed E-state index contributed by atoms with van der Waals surface area (Å²) in [6.07, 6.45) is 8.69. The minimum atomic E-state index is -0.588. The van der Waals surface area contributed by atoms with Gasteiger partial charge in [-0.05, 0) is 57.6 Å². The first-order chi connectivity index (χ1) is 25.1. The first-order valence-corrected chi connectivity index (χ1v) is 17.5. The van der Waals surface area contributed by atoms with Gasteiger partial charge in [-0.3, -0.25) is 0 Å². The maximum absolute atomic E-state index is 6.87. The van der Waals surface area contributed by atoms with E-state index in [-0.39, 0.29) is 0 Å². The summed E-state index contributed by atoms with van der Waals surface area (Å²) in [5.41, 5.74) is 5.83. The van der Waals surface area contributed by atoms with Crippen LogP contribution in [0.5, 0.6) is 11.5 Å². The number of rotatable bonds is 10. The molecule has 8 rings (SSSR count). The second kappa shape index (κ2) is 13.6. The van der Waals surface area contributed by atoms with E-state index >= 15 is 0 Å². The maximum atomic E-state index is 6.87. The van der Waals surface area contributed by atoms with Crippen molar-refractivity contribution in [3.05, 3.63) is 228 Å². The predicted molar refractivity (Wildman–Crippen MR) is 206 cm³/mol. The lowest BCUT2D eigenvalue weighted by Gasteiger charge is -2.44. The molecule has 2 aliphatic rings. The minimum absolute atomic E-state index is 0.588. The largest absolute Gasteiger partial charge is 0.457 e. The van der Waals surface area contributed by atoms with Crippen molar-refractivity contribution < 1.29 is 4.74 Å². The zero-order valence-corrected chi connectivity index (χ0v) is 29.1. The first kappa shape index (κ1) is 32.0. The number of ether oxygens (including phenoxy) is 1.